The number of nitrogens with zero attached hydrogens (tertiary/aromatic N) is 4. The van der Waals surface area contributed by atoms with Gasteiger partial charge in [0.2, 0.25) is 0 Å². The van der Waals surface area contributed by atoms with Gasteiger partial charge in [-0.05, 0) is 44.5 Å². The van der Waals surface area contributed by atoms with Crippen LogP contribution in [-0.4, -0.2) is 63.5 Å². The third-order valence-electron chi connectivity index (χ3n) is 5.26. The first-order valence-corrected chi connectivity index (χ1v) is 11.3. The number of amides is 2. The van der Waals surface area contributed by atoms with Crippen molar-refractivity contribution in [2.75, 3.05) is 31.6 Å². The van der Waals surface area contributed by atoms with Gasteiger partial charge in [0.15, 0.2) is 5.65 Å². The number of benzene rings is 1. The summed E-state index contributed by atoms with van der Waals surface area (Å²) in [6.07, 6.45) is 4.75. The van der Waals surface area contributed by atoms with E-state index in [1.54, 1.807) is 35.5 Å². The molecule has 1 fully saturated rings. The van der Waals surface area contributed by atoms with Crippen molar-refractivity contribution in [3.05, 3.63) is 53.4 Å². The molecule has 1 aliphatic rings. The van der Waals surface area contributed by atoms with Gasteiger partial charge in [0, 0.05) is 30.5 Å². The number of morpholine rings is 1. The summed E-state index contributed by atoms with van der Waals surface area (Å²) >= 11 is 0. The number of carbonyl (C=O) groups excluding carboxylic acids is 2. The Labute approximate surface area is 203 Å². The second-order valence-electron chi connectivity index (χ2n) is 9.18. The summed E-state index contributed by atoms with van der Waals surface area (Å²) < 4.78 is 5.27. The average molecular weight is 474 g/mol. The maximum atomic E-state index is 12.6. The first-order chi connectivity index (χ1) is 16.7. The van der Waals surface area contributed by atoms with Crippen LogP contribution in [0.4, 0.5) is 11.5 Å². The lowest BCUT2D eigenvalue weighted by Crippen LogP contribution is -2.41. The normalized spacial score (nSPS) is 14.5. The van der Waals surface area contributed by atoms with Gasteiger partial charge in [-0.25, -0.2) is 9.97 Å². The van der Waals surface area contributed by atoms with Crippen molar-refractivity contribution in [1.29, 1.82) is 5.26 Å². The summed E-state index contributed by atoms with van der Waals surface area (Å²) in [5.41, 5.74) is 2.57. The number of H-pyrrole nitrogens is 1. The third-order valence-corrected chi connectivity index (χ3v) is 5.26. The third kappa shape index (κ3) is 5.83. The van der Waals surface area contributed by atoms with Crippen LogP contribution >= 0.6 is 0 Å². The lowest BCUT2D eigenvalue weighted by Gasteiger charge is -2.26. The zero-order valence-corrected chi connectivity index (χ0v) is 19.9. The summed E-state index contributed by atoms with van der Waals surface area (Å²) in [7, 11) is 0. The first kappa shape index (κ1) is 23.9. The molecular weight excluding hydrogens is 446 g/mol. The second-order valence-corrected chi connectivity index (χ2v) is 9.18. The van der Waals surface area contributed by atoms with Gasteiger partial charge in [0.1, 0.15) is 23.0 Å². The molecule has 0 saturated carbocycles. The van der Waals surface area contributed by atoms with Gasteiger partial charge in [-0.3, -0.25) is 9.59 Å². The minimum Gasteiger partial charge on any atom is -0.378 e. The molecule has 0 spiro atoms. The topological polar surface area (TPSA) is 136 Å². The van der Waals surface area contributed by atoms with Crippen LogP contribution < -0.4 is 10.6 Å². The lowest BCUT2D eigenvalue weighted by atomic mass is 10.1. The molecule has 3 N–H and O–H groups in total. The molecule has 0 unspecified atom stereocenters. The van der Waals surface area contributed by atoms with Crippen LogP contribution in [0.3, 0.4) is 0 Å². The Balaban J connectivity index is 1.49. The molecule has 10 nitrogen and oxygen atoms in total. The van der Waals surface area contributed by atoms with Crippen LogP contribution in [0.2, 0.25) is 0 Å². The smallest absolute Gasteiger partial charge is 0.264 e. The molecule has 35 heavy (non-hydrogen) atoms. The summed E-state index contributed by atoms with van der Waals surface area (Å²) in [6, 6.07) is 9.24. The van der Waals surface area contributed by atoms with E-state index < -0.39 is 0 Å². The molecule has 10 heteroatoms. The molecule has 2 amide bonds. The second kappa shape index (κ2) is 9.95. The molecule has 3 heterocycles. The minimum absolute atomic E-state index is 0.0810. The quantitative estimate of drug-likeness (QED) is 0.383. The standard InChI is InChI=1S/C25H27N7O3/c1-25(2,3)31-23(33)19-14-27-22-21(19)30-20(15-28-22)29-18-6-4-16(5-7-18)12-17(13-26)24(34)32-8-10-35-11-9-32/h4-7,12,14-15H,8-11H2,1-3H3,(H,27,28)(H,29,30)(H,31,33). The molecule has 4 rings (SSSR count). The Kier molecular flexibility index (Phi) is 6.80. The summed E-state index contributed by atoms with van der Waals surface area (Å²) in [4.78, 5) is 38.7. The van der Waals surface area contributed by atoms with Crippen LogP contribution in [0.5, 0.6) is 0 Å². The zero-order chi connectivity index (χ0) is 25.0. The van der Waals surface area contributed by atoms with Crippen molar-refractivity contribution in [2.45, 2.75) is 26.3 Å². The fourth-order valence-corrected chi connectivity index (χ4v) is 3.59. The van der Waals surface area contributed by atoms with Crippen molar-refractivity contribution < 1.29 is 14.3 Å². The predicted molar refractivity (Wildman–Crippen MR) is 132 cm³/mol. The number of aromatic nitrogens is 3. The Hall–Kier alpha value is -4.23. The first-order valence-electron chi connectivity index (χ1n) is 11.3. The summed E-state index contributed by atoms with van der Waals surface area (Å²) in [5, 5.41) is 15.6. The fraction of sp³-hybridized carbons (Fsp3) is 0.320. The molecule has 1 saturated heterocycles. The summed E-state index contributed by atoms with van der Waals surface area (Å²) in [5.74, 6) is -0.0453. The van der Waals surface area contributed by atoms with E-state index in [1.165, 1.54) is 0 Å². The number of hydrogen-bond acceptors (Lipinski definition) is 7. The number of carbonyl (C=O) groups is 2. The van der Waals surface area contributed by atoms with E-state index in [0.29, 0.717) is 48.8 Å². The number of nitriles is 1. The highest BCUT2D eigenvalue weighted by molar-refractivity contribution is 6.05. The van der Waals surface area contributed by atoms with E-state index in [0.717, 1.165) is 11.3 Å². The molecule has 0 bridgehead atoms. The number of fused-ring (bicyclic) bond motifs is 1. The summed E-state index contributed by atoms with van der Waals surface area (Å²) in [6.45, 7) is 7.65. The number of anilines is 2. The van der Waals surface area contributed by atoms with Gasteiger partial charge in [0.05, 0.1) is 25.0 Å². The van der Waals surface area contributed by atoms with E-state index in [4.69, 9.17) is 4.74 Å². The molecule has 1 aromatic carbocycles. The lowest BCUT2D eigenvalue weighted by molar-refractivity contribution is -0.130. The molecule has 2 aromatic heterocycles. The van der Waals surface area contributed by atoms with E-state index >= 15 is 0 Å². The largest absolute Gasteiger partial charge is 0.378 e. The molecule has 0 atom stereocenters. The zero-order valence-electron chi connectivity index (χ0n) is 19.9. The Morgan fingerprint density at radius 3 is 2.57 bits per heavy atom. The Morgan fingerprint density at radius 1 is 1.20 bits per heavy atom. The van der Waals surface area contributed by atoms with Gasteiger partial charge in [-0.2, -0.15) is 5.26 Å². The fourth-order valence-electron chi connectivity index (χ4n) is 3.59. The van der Waals surface area contributed by atoms with Gasteiger partial charge in [0.25, 0.3) is 11.8 Å². The molecular formula is C25H27N7O3. The number of aromatic amines is 1. The van der Waals surface area contributed by atoms with Crippen molar-refractivity contribution in [3.8, 4) is 6.07 Å². The van der Waals surface area contributed by atoms with Crippen LogP contribution in [0, 0.1) is 11.3 Å². The molecule has 0 aliphatic carbocycles. The number of nitrogens with one attached hydrogen (secondary N) is 3. The molecule has 3 aromatic rings. The van der Waals surface area contributed by atoms with Crippen LogP contribution in [0.15, 0.2) is 42.2 Å². The van der Waals surface area contributed by atoms with Crippen LogP contribution in [0.1, 0.15) is 36.7 Å². The molecule has 180 valence electrons. The number of rotatable bonds is 5. The predicted octanol–water partition coefficient (Wildman–Crippen LogP) is 3.00. The maximum absolute atomic E-state index is 12.6. The monoisotopic (exact) mass is 473 g/mol. The highest BCUT2D eigenvalue weighted by atomic mass is 16.5. The van der Waals surface area contributed by atoms with Gasteiger partial charge >= 0.3 is 0 Å². The highest BCUT2D eigenvalue weighted by Crippen LogP contribution is 2.21. The number of hydrogen-bond donors (Lipinski definition) is 3. The SMILES string of the molecule is CC(C)(C)NC(=O)c1c[nH]c2ncc(Nc3ccc(C=C(C#N)C(=O)N4CCOCC4)cc3)nc12. The van der Waals surface area contributed by atoms with Crippen molar-refractivity contribution >= 4 is 40.6 Å². The van der Waals surface area contributed by atoms with Crippen molar-refractivity contribution in [1.82, 2.24) is 25.2 Å². The highest BCUT2D eigenvalue weighted by Gasteiger charge is 2.21. The Bertz CT molecular complexity index is 1310. The van der Waals surface area contributed by atoms with Crippen molar-refractivity contribution in [2.24, 2.45) is 0 Å². The van der Waals surface area contributed by atoms with Gasteiger partial charge < -0.3 is 25.3 Å². The van der Waals surface area contributed by atoms with E-state index in [2.05, 4.69) is 25.6 Å². The average Bonchev–Trinajstić information content (AvgIpc) is 3.26. The minimum atomic E-state index is -0.377. The molecule has 1 aliphatic heterocycles. The molecule has 0 radical (unpaired) electrons. The van der Waals surface area contributed by atoms with Crippen LogP contribution in [0.25, 0.3) is 17.2 Å². The Morgan fingerprint density at radius 2 is 1.91 bits per heavy atom. The van der Waals surface area contributed by atoms with Gasteiger partial charge in [-0.15, -0.1) is 0 Å². The van der Waals surface area contributed by atoms with Crippen LogP contribution in [-0.2, 0) is 9.53 Å². The van der Waals surface area contributed by atoms with Gasteiger partial charge in [-0.1, -0.05) is 12.1 Å². The van der Waals surface area contributed by atoms with E-state index in [1.807, 2.05) is 39.0 Å². The maximum Gasteiger partial charge on any atom is 0.264 e. The van der Waals surface area contributed by atoms with E-state index in [-0.39, 0.29) is 22.9 Å². The van der Waals surface area contributed by atoms with E-state index in [9.17, 15) is 14.9 Å². The number of ether oxygens (including phenoxy) is 1. The van der Waals surface area contributed by atoms with Crippen molar-refractivity contribution in [3.63, 3.8) is 0 Å².